The normalized spacial score (nSPS) is 11.1. The molecular weight excluding hydrogens is 216 g/mol. The smallest absolute Gasteiger partial charge is 0.347 e. The molecule has 1 N–H and O–H groups in total. The van der Waals surface area contributed by atoms with E-state index in [9.17, 15) is 4.79 Å². The molecule has 0 radical (unpaired) electrons. The van der Waals surface area contributed by atoms with E-state index in [0.717, 1.165) is 5.69 Å². The maximum absolute atomic E-state index is 10.8. The fraction of sp³-hybridized carbons (Fsp3) is 0.333. The number of nitrogens with zero attached hydrogens (tertiary/aromatic N) is 2. The zero-order chi connectivity index (χ0) is 11.0. The molecule has 6 heteroatoms. The molecule has 0 aliphatic carbocycles. The number of rotatable bonds is 3. The number of aryl methyl sites for hydroxylation is 1. The third-order valence-corrected chi connectivity index (χ3v) is 3.24. The summed E-state index contributed by atoms with van der Waals surface area (Å²) in [5.41, 5.74) is 1.51. The van der Waals surface area contributed by atoms with Crippen molar-refractivity contribution >= 4 is 22.3 Å². The SMILES string of the molecule is COCc1cn2c(C)c(C(=O)O)sc2n1. The van der Waals surface area contributed by atoms with Crippen molar-refractivity contribution in [2.45, 2.75) is 13.5 Å². The summed E-state index contributed by atoms with van der Waals surface area (Å²) in [5, 5.41) is 8.90. The van der Waals surface area contributed by atoms with Gasteiger partial charge in [0.25, 0.3) is 0 Å². The molecule has 0 amide bonds. The molecule has 0 aliphatic rings. The number of hydrogen-bond donors (Lipinski definition) is 1. The van der Waals surface area contributed by atoms with Crippen LogP contribution in [0.5, 0.6) is 0 Å². The van der Waals surface area contributed by atoms with E-state index in [2.05, 4.69) is 4.98 Å². The lowest BCUT2D eigenvalue weighted by Gasteiger charge is -1.92. The molecule has 0 saturated carbocycles. The van der Waals surface area contributed by atoms with Crippen molar-refractivity contribution in [2.24, 2.45) is 0 Å². The second-order valence-electron chi connectivity index (χ2n) is 3.14. The Kier molecular flexibility index (Phi) is 2.45. The van der Waals surface area contributed by atoms with Crippen LogP contribution in [0.1, 0.15) is 21.1 Å². The van der Waals surface area contributed by atoms with Gasteiger partial charge in [0.1, 0.15) is 4.88 Å². The predicted octanol–water partition coefficient (Wildman–Crippen LogP) is 1.55. The molecule has 5 nitrogen and oxygen atoms in total. The van der Waals surface area contributed by atoms with Crippen LogP contribution >= 0.6 is 11.3 Å². The number of hydrogen-bond acceptors (Lipinski definition) is 4. The molecule has 0 fully saturated rings. The summed E-state index contributed by atoms with van der Waals surface area (Å²) in [6.45, 7) is 2.21. The van der Waals surface area contributed by atoms with E-state index in [-0.39, 0.29) is 0 Å². The lowest BCUT2D eigenvalue weighted by molar-refractivity contribution is 0.0701. The summed E-state index contributed by atoms with van der Waals surface area (Å²) >= 11 is 1.18. The van der Waals surface area contributed by atoms with Crippen LogP contribution in [0.25, 0.3) is 4.96 Å². The molecule has 0 atom stereocenters. The number of aromatic nitrogens is 2. The molecule has 0 unspecified atom stereocenters. The van der Waals surface area contributed by atoms with Crippen LogP contribution in [0.2, 0.25) is 0 Å². The van der Waals surface area contributed by atoms with Crippen molar-refractivity contribution in [3.63, 3.8) is 0 Å². The topological polar surface area (TPSA) is 63.8 Å². The van der Waals surface area contributed by atoms with Gasteiger partial charge >= 0.3 is 5.97 Å². The lowest BCUT2D eigenvalue weighted by Crippen LogP contribution is -1.96. The molecule has 2 aromatic heterocycles. The average molecular weight is 226 g/mol. The second kappa shape index (κ2) is 3.63. The second-order valence-corrected chi connectivity index (χ2v) is 4.12. The van der Waals surface area contributed by atoms with Gasteiger partial charge in [-0.25, -0.2) is 9.78 Å². The third-order valence-electron chi connectivity index (χ3n) is 2.09. The molecule has 80 valence electrons. The Balaban J connectivity index is 2.52. The van der Waals surface area contributed by atoms with E-state index in [4.69, 9.17) is 9.84 Å². The van der Waals surface area contributed by atoms with Crippen LogP contribution in [-0.2, 0) is 11.3 Å². The zero-order valence-corrected chi connectivity index (χ0v) is 9.17. The number of fused-ring (bicyclic) bond motifs is 1. The van der Waals surface area contributed by atoms with Gasteiger partial charge in [-0.1, -0.05) is 11.3 Å². The highest BCUT2D eigenvalue weighted by molar-refractivity contribution is 7.18. The van der Waals surface area contributed by atoms with Gasteiger partial charge in [-0.2, -0.15) is 0 Å². The van der Waals surface area contributed by atoms with E-state index in [1.165, 1.54) is 11.3 Å². The molecule has 0 bridgehead atoms. The Labute approximate surface area is 89.9 Å². The predicted molar refractivity (Wildman–Crippen MR) is 55.5 cm³/mol. The molecule has 2 aromatic rings. The minimum atomic E-state index is -0.906. The van der Waals surface area contributed by atoms with Crippen LogP contribution < -0.4 is 0 Å². The van der Waals surface area contributed by atoms with Gasteiger partial charge in [0.2, 0.25) is 0 Å². The first-order valence-electron chi connectivity index (χ1n) is 4.33. The molecule has 0 saturated heterocycles. The number of carbonyl (C=O) groups is 1. The lowest BCUT2D eigenvalue weighted by atomic mass is 10.4. The van der Waals surface area contributed by atoms with Crippen molar-refractivity contribution in [1.82, 2.24) is 9.38 Å². The minimum Gasteiger partial charge on any atom is -0.477 e. The average Bonchev–Trinajstić information content (AvgIpc) is 2.67. The maximum atomic E-state index is 10.8. The number of ether oxygens (including phenoxy) is 1. The standard InChI is InChI=1S/C9H10N2O3S/c1-5-7(8(12)13)15-9-10-6(4-14-2)3-11(5)9/h3H,4H2,1-2H3,(H,12,13). The number of thiazole rings is 1. The van der Waals surface area contributed by atoms with E-state index < -0.39 is 5.97 Å². The molecule has 0 spiro atoms. The first-order chi connectivity index (χ1) is 7.13. The van der Waals surface area contributed by atoms with Crippen molar-refractivity contribution in [3.8, 4) is 0 Å². The first kappa shape index (κ1) is 10.1. The molecule has 0 aliphatic heterocycles. The van der Waals surface area contributed by atoms with E-state index >= 15 is 0 Å². The van der Waals surface area contributed by atoms with Gasteiger partial charge in [-0.05, 0) is 6.92 Å². The monoisotopic (exact) mass is 226 g/mol. The zero-order valence-electron chi connectivity index (χ0n) is 8.35. The van der Waals surface area contributed by atoms with Crippen molar-refractivity contribution in [1.29, 1.82) is 0 Å². The maximum Gasteiger partial charge on any atom is 0.347 e. The molecule has 2 heterocycles. The molecule has 2 rings (SSSR count). The highest BCUT2D eigenvalue weighted by atomic mass is 32.1. The van der Waals surface area contributed by atoms with Gasteiger partial charge < -0.3 is 9.84 Å². The van der Waals surface area contributed by atoms with Gasteiger partial charge in [-0.15, -0.1) is 0 Å². The van der Waals surface area contributed by atoms with Gasteiger partial charge in [-0.3, -0.25) is 4.40 Å². The van der Waals surface area contributed by atoms with Crippen LogP contribution in [0.3, 0.4) is 0 Å². The highest BCUT2D eigenvalue weighted by Gasteiger charge is 2.16. The van der Waals surface area contributed by atoms with Gasteiger partial charge in [0.15, 0.2) is 4.96 Å². The molecular formula is C9H10N2O3S. The quantitative estimate of drug-likeness (QED) is 0.862. The van der Waals surface area contributed by atoms with Crippen LogP contribution in [0.15, 0.2) is 6.20 Å². The van der Waals surface area contributed by atoms with Gasteiger partial charge in [0, 0.05) is 19.0 Å². The fourth-order valence-corrected chi connectivity index (χ4v) is 2.38. The third kappa shape index (κ3) is 1.62. The Morgan fingerprint density at radius 2 is 2.47 bits per heavy atom. The van der Waals surface area contributed by atoms with E-state index in [1.54, 1.807) is 24.6 Å². The van der Waals surface area contributed by atoms with Crippen LogP contribution in [-0.4, -0.2) is 27.6 Å². The summed E-state index contributed by atoms with van der Waals surface area (Å²) in [6, 6.07) is 0. The largest absolute Gasteiger partial charge is 0.477 e. The van der Waals surface area contributed by atoms with E-state index in [1.807, 2.05) is 0 Å². The Morgan fingerprint density at radius 1 is 1.73 bits per heavy atom. The number of carboxylic acid groups (broad SMARTS) is 1. The van der Waals surface area contributed by atoms with Gasteiger partial charge in [0.05, 0.1) is 12.3 Å². The summed E-state index contributed by atoms with van der Waals surface area (Å²) in [7, 11) is 1.60. The summed E-state index contributed by atoms with van der Waals surface area (Å²) in [5.74, 6) is -0.906. The molecule has 0 aromatic carbocycles. The Bertz CT molecular complexity index is 515. The highest BCUT2D eigenvalue weighted by Crippen LogP contribution is 2.22. The molecule has 15 heavy (non-hydrogen) atoms. The summed E-state index contributed by atoms with van der Waals surface area (Å²) in [4.78, 5) is 16.1. The van der Waals surface area contributed by atoms with Crippen molar-refractivity contribution < 1.29 is 14.6 Å². The van der Waals surface area contributed by atoms with Crippen LogP contribution in [0.4, 0.5) is 0 Å². The summed E-state index contributed by atoms with van der Waals surface area (Å²) in [6.07, 6.45) is 1.80. The first-order valence-corrected chi connectivity index (χ1v) is 5.14. The number of aromatic carboxylic acids is 1. The summed E-state index contributed by atoms with van der Waals surface area (Å²) < 4.78 is 6.74. The number of carboxylic acids is 1. The van der Waals surface area contributed by atoms with Crippen molar-refractivity contribution in [2.75, 3.05) is 7.11 Å². The number of methoxy groups -OCH3 is 1. The van der Waals surface area contributed by atoms with Crippen molar-refractivity contribution in [3.05, 3.63) is 22.5 Å². The van der Waals surface area contributed by atoms with Crippen LogP contribution in [0, 0.1) is 6.92 Å². The van der Waals surface area contributed by atoms with E-state index in [0.29, 0.717) is 22.1 Å². The number of imidazole rings is 1. The fourth-order valence-electron chi connectivity index (χ4n) is 1.41. The Morgan fingerprint density at radius 3 is 3.00 bits per heavy atom. The Hall–Kier alpha value is -1.40. The minimum absolute atomic E-state index is 0.335.